The first-order valence-electron chi connectivity index (χ1n) is 23.5. The fourth-order valence-corrected chi connectivity index (χ4v) is 6.43. The number of aromatic nitrogens is 5. The normalized spacial score (nSPS) is 12.6. The van der Waals surface area contributed by atoms with Crippen molar-refractivity contribution in [1.29, 1.82) is 0 Å². The summed E-state index contributed by atoms with van der Waals surface area (Å²) in [6, 6.07) is 7.52. The van der Waals surface area contributed by atoms with E-state index in [0.29, 0.717) is 31.7 Å². The predicted octanol–water partition coefficient (Wildman–Crippen LogP) is 14.5. The minimum atomic E-state index is -1.04. The van der Waals surface area contributed by atoms with Crippen LogP contribution in [0.25, 0.3) is 4.85 Å². The number of alkyl halides is 3. The molecule has 3 saturated carbocycles. The van der Waals surface area contributed by atoms with E-state index in [-0.39, 0.29) is 83.5 Å². The lowest BCUT2D eigenvalue weighted by atomic mass is 9.84. The summed E-state index contributed by atoms with van der Waals surface area (Å²) in [6.45, 7) is 17.4. The molecule has 0 radical (unpaired) electrons. The zero-order valence-electron chi connectivity index (χ0n) is 44.6. The second-order valence-electron chi connectivity index (χ2n) is 18.5. The predicted molar refractivity (Wildman–Crippen MR) is 320 cm³/mol. The third-order valence-corrected chi connectivity index (χ3v) is 10.9. The number of rotatable bonds is 8. The third kappa shape index (κ3) is 37.3. The van der Waals surface area contributed by atoms with Crippen LogP contribution in [-0.2, 0) is 29.1 Å². The number of halogens is 14. The largest absolute Gasteiger partial charge is 0.454 e. The van der Waals surface area contributed by atoms with E-state index < -0.39 is 52.3 Å². The van der Waals surface area contributed by atoms with Crippen molar-refractivity contribution in [2.75, 3.05) is 7.11 Å². The number of nitrogens with one attached hydrogen (secondary N) is 2. The van der Waals surface area contributed by atoms with Gasteiger partial charge in [-0.15, -0.1) is 24.8 Å². The first-order valence-corrected chi connectivity index (χ1v) is 27.0. The Hall–Kier alpha value is -3.62. The van der Waals surface area contributed by atoms with Crippen molar-refractivity contribution in [3.8, 4) is 0 Å². The lowest BCUT2D eigenvalue weighted by molar-refractivity contribution is 0.0511. The van der Waals surface area contributed by atoms with Crippen LogP contribution in [-0.4, -0.2) is 82.0 Å². The zero-order chi connectivity index (χ0) is 60.2. The number of pyridine rings is 5. The molecule has 0 unspecified atom stereocenters. The lowest BCUT2D eigenvalue weighted by Gasteiger charge is -2.19. The molecule has 81 heavy (non-hydrogen) atoms. The third-order valence-electron chi connectivity index (χ3n) is 9.41. The molecule has 0 bridgehead atoms. The average molecular weight is 1420 g/mol. The van der Waals surface area contributed by atoms with Gasteiger partial charge in [0.05, 0.1) is 41.1 Å². The highest BCUT2D eigenvalue weighted by atomic mass is 127. The van der Waals surface area contributed by atoms with Gasteiger partial charge >= 0.3 is 19.3 Å². The van der Waals surface area contributed by atoms with Crippen LogP contribution in [0.2, 0.25) is 21.3 Å². The van der Waals surface area contributed by atoms with Crippen LogP contribution in [0.4, 0.5) is 37.2 Å². The van der Waals surface area contributed by atoms with E-state index in [9.17, 15) is 31.5 Å². The second-order valence-corrected chi connectivity index (χ2v) is 22.8. The first kappa shape index (κ1) is 79.5. The molecule has 5 heterocycles. The fraction of sp³-hybridized carbons (Fsp3) is 0.440. The Morgan fingerprint density at radius 2 is 1.00 bits per heavy atom. The number of ether oxygens (including phenoxy) is 2. The van der Waals surface area contributed by atoms with Gasteiger partial charge in [-0.3, -0.25) is 9.97 Å². The summed E-state index contributed by atoms with van der Waals surface area (Å²) in [7, 11) is -0.0370. The Kier molecular flexibility index (Phi) is 39.8. The van der Waals surface area contributed by atoms with Crippen LogP contribution in [0.1, 0.15) is 120 Å². The number of aliphatic hydroxyl groups excluding tert-OH is 1. The zero-order valence-corrected chi connectivity index (χ0v) is 52.9. The standard InChI is InChI=1S/C14H19FN2O2.C11H14ClFN2O2.C9H11FN2.C6H2ClFN2.C5H2ClFIN.C3H7BO2.CHCl3.CH4O.2ClH/c1-14(2,3)19-13(18)17-7-10-6-12(9-4-5-9)16-8-11(10)15;1-11(2,3)17-10(16)15-5-7-4-9(12)14-6-8(7)13;10-8-5-12-9(6-1-2-6)3-7(8)4-11;1-9-5-2-6(7)10-3-4(5)8;6-5-1-4(8)3(7)2-9-5;5-4(6)3-1-2-3;2-1(3)4;1-2;;/h6,8-9H,4-5,7H2,1-3H3,(H,17,18);4,6H,5H2,1-3H3,(H,15,16);3,5-6H,1-2,4,11H2;2-3H;1-2H;3,5-6H,1-2H2;1H;2H,1H3;2*1H. The number of nitrogens with zero attached hydrogens (tertiary/aromatic N) is 6. The molecular formula is C50H62BCl8F5IN9O7. The first-order chi connectivity index (χ1) is 36.9. The van der Waals surface area contributed by atoms with E-state index in [2.05, 4.69) is 40.4 Å². The molecule has 5 aromatic rings. The quantitative estimate of drug-likeness (QED) is 0.0212. The molecule has 2 amide bonds. The maximum Gasteiger partial charge on any atom is 0.454 e. The van der Waals surface area contributed by atoms with E-state index in [4.69, 9.17) is 107 Å². The minimum absolute atomic E-state index is 0. The molecular weight excluding hydrogens is 1350 g/mol. The van der Waals surface area contributed by atoms with Gasteiger partial charge in [0, 0.05) is 66.7 Å². The highest BCUT2D eigenvalue weighted by molar-refractivity contribution is 14.1. The van der Waals surface area contributed by atoms with Crippen molar-refractivity contribution in [3.05, 3.63) is 149 Å². The van der Waals surface area contributed by atoms with Gasteiger partial charge in [-0.1, -0.05) is 82.4 Å². The SMILES string of the molecule is CC(C)(C)OC(=O)NCc1cc(C2CC2)ncc1F.CC(C)(C)OC(=O)NCc1cc(Cl)ncc1F.CO.Cl.Cl.ClC(Cl)Cl.Fc1cnc(Cl)cc1I.NCc1cc(C2CC2)ncc1F.OB(O)C1CC1.[C-]#[N+]c1cc(Cl)ncc1F. The van der Waals surface area contributed by atoms with Crippen LogP contribution in [0.15, 0.2) is 61.3 Å². The molecule has 0 aliphatic heterocycles. The van der Waals surface area contributed by atoms with Gasteiger partial charge in [-0.05, 0) is 126 Å². The summed E-state index contributed by atoms with van der Waals surface area (Å²) in [5.74, 6) is -0.950. The molecule has 0 atom stereocenters. The topological polar surface area (TPSA) is 232 Å². The summed E-state index contributed by atoms with van der Waals surface area (Å²) in [5.41, 5.74) is 7.32. The van der Waals surface area contributed by atoms with E-state index >= 15 is 0 Å². The van der Waals surface area contributed by atoms with E-state index in [1.54, 1.807) is 53.7 Å². The van der Waals surface area contributed by atoms with Crippen LogP contribution in [0.3, 0.4) is 0 Å². The number of carbonyl (C=O) groups excluding carboxylic acids is 2. The van der Waals surface area contributed by atoms with Crippen molar-refractivity contribution in [2.45, 2.75) is 133 Å². The molecule has 31 heteroatoms. The van der Waals surface area contributed by atoms with Crippen LogP contribution < -0.4 is 16.4 Å². The number of hydrogen-bond donors (Lipinski definition) is 6. The molecule has 0 spiro atoms. The van der Waals surface area contributed by atoms with Gasteiger partial charge in [-0.2, -0.15) is 0 Å². The highest BCUT2D eigenvalue weighted by Gasteiger charge is 2.33. The Morgan fingerprint density at radius 1 is 0.654 bits per heavy atom. The van der Waals surface area contributed by atoms with Crippen molar-refractivity contribution in [2.24, 2.45) is 5.73 Å². The fourth-order valence-electron chi connectivity index (χ4n) is 5.32. The van der Waals surface area contributed by atoms with Gasteiger partial charge < -0.3 is 41.0 Å². The maximum absolute atomic E-state index is 13.6. The maximum atomic E-state index is 13.6. The number of amides is 2. The van der Waals surface area contributed by atoms with Crippen LogP contribution >= 0.6 is 117 Å². The summed E-state index contributed by atoms with van der Waals surface area (Å²) in [4.78, 5) is 44.3. The van der Waals surface area contributed by atoms with Gasteiger partial charge in [0.1, 0.15) is 49.9 Å². The molecule has 3 aliphatic rings. The summed E-state index contributed by atoms with van der Waals surface area (Å²) >= 11 is 32.7. The molecule has 450 valence electrons. The van der Waals surface area contributed by atoms with Crippen molar-refractivity contribution in [1.82, 2.24) is 35.6 Å². The Morgan fingerprint density at radius 3 is 1.32 bits per heavy atom. The molecule has 8 rings (SSSR count). The molecule has 5 aromatic heterocycles. The molecule has 0 saturated heterocycles. The molecule has 16 nitrogen and oxygen atoms in total. The molecule has 7 N–H and O–H groups in total. The molecule has 0 aromatic carbocycles. The van der Waals surface area contributed by atoms with Crippen molar-refractivity contribution >= 4 is 142 Å². The number of aliphatic hydroxyl groups is 1. The second kappa shape index (κ2) is 40.6. The average Bonchev–Trinajstić information content (AvgIpc) is 4.18. The number of carbonyl (C=O) groups is 2. The number of nitrogens with two attached hydrogens (primary N) is 1. The summed E-state index contributed by atoms with van der Waals surface area (Å²) in [6.07, 6.45) is 11.0. The van der Waals surface area contributed by atoms with Crippen LogP contribution in [0, 0.1) is 39.2 Å². The lowest BCUT2D eigenvalue weighted by Crippen LogP contribution is -2.32. The van der Waals surface area contributed by atoms with Gasteiger partial charge in [0.2, 0.25) is 5.69 Å². The summed E-state index contributed by atoms with van der Waals surface area (Å²) in [5, 5.41) is 29.1. The van der Waals surface area contributed by atoms with Gasteiger partial charge in [0.25, 0.3) is 0 Å². The van der Waals surface area contributed by atoms with E-state index in [0.717, 1.165) is 62.8 Å². The number of hydrogen-bond acceptors (Lipinski definition) is 13. The smallest absolute Gasteiger partial charge is 0.444 e. The van der Waals surface area contributed by atoms with Crippen molar-refractivity contribution in [3.63, 3.8) is 0 Å². The highest BCUT2D eigenvalue weighted by Crippen LogP contribution is 2.40. The van der Waals surface area contributed by atoms with Crippen molar-refractivity contribution < 1.29 is 56.2 Å². The molecule has 3 aliphatic carbocycles. The van der Waals surface area contributed by atoms with Gasteiger partial charge in [-0.25, -0.2) is 51.3 Å². The number of alkyl carbamates (subject to hydrolysis) is 2. The summed E-state index contributed by atoms with van der Waals surface area (Å²) < 4.78 is 74.4. The van der Waals surface area contributed by atoms with Crippen LogP contribution in [0.5, 0.6) is 0 Å². The van der Waals surface area contributed by atoms with Gasteiger partial charge in [0.15, 0.2) is 10.1 Å². The Balaban J connectivity index is 0. The van der Waals surface area contributed by atoms with E-state index in [1.165, 1.54) is 43.4 Å². The monoisotopic (exact) mass is 1410 g/mol. The Labute approximate surface area is 524 Å². The van der Waals surface area contributed by atoms with E-state index in [1.807, 2.05) is 22.6 Å². The molecule has 3 fully saturated rings. The minimum Gasteiger partial charge on any atom is -0.444 e. The Bertz CT molecular complexity index is 2730.